The molecule has 208 valence electrons. The lowest BCUT2D eigenvalue weighted by molar-refractivity contribution is -0.154. The van der Waals surface area contributed by atoms with Crippen LogP contribution in [0.4, 0.5) is 0 Å². The van der Waals surface area contributed by atoms with E-state index in [4.69, 9.17) is 4.74 Å². The number of carbonyl (C=O) groups excluding carboxylic acids is 2. The number of ketones is 1. The number of Topliss-reactive ketones (excluding diaryl/α,β-unsaturated/α-hetero) is 1. The lowest BCUT2D eigenvalue weighted by Gasteiger charge is -2.34. The molecule has 0 spiro atoms. The standard InChI is InChI=1S/C28H44N2O6S/c1-16-8-7-9-21-22(30(21)10-11-31)13-23(17(2)12-20-15-37-19(4)29-20)36-25(33)14-24(32)28(5,6)27(35)18(3)26(16)34/h12,15-16,18,21-24,26,31-32,34H,7-11,13-14H2,1-6H3/t16?,18-,21-,22+,23+,24+,26+,30?/m1/s1. The molecular formula is C28H44N2O6S. The van der Waals surface area contributed by atoms with Gasteiger partial charge in [-0.25, -0.2) is 4.98 Å². The van der Waals surface area contributed by atoms with Crippen molar-refractivity contribution in [3.8, 4) is 0 Å². The first-order chi connectivity index (χ1) is 17.4. The number of rotatable bonds is 4. The zero-order valence-corrected chi connectivity index (χ0v) is 23.8. The van der Waals surface area contributed by atoms with Crippen LogP contribution in [0.3, 0.4) is 0 Å². The highest BCUT2D eigenvalue weighted by Gasteiger charge is 2.48. The number of esters is 1. The molecule has 2 unspecified atom stereocenters. The monoisotopic (exact) mass is 536 g/mol. The van der Waals surface area contributed by atoms with Crippen molar-refractivity contribution in [3.05, 3.63) is 21.7 Å². The Kier molecular flexibility index (Phi) is 10.1. The molecule has 0 saturated carbocycles. The number of carbonyl (C=O) groups is 2. The van der Waals surface area contributed by atoms with Crippen LogP contribution in [-0.2, 0) is 14.3 Å². The first-order valence-corrected chi connectivity index (χ1v) is 14.3. The summed E-state index contributed by atoms with van der Waals surface area (Å²) in [5.74, 6) is -1.57. The summed E-state index contributed by atoms with van der Waals surface area (Å²) in [5, 5.41) is 34.3. The maximum atomic E-state index is 13.3. The minimum Gasteiger partial charge on any atom is -0.458 e. The molecule has 0 amide bonds. The van der Waals surface area contributed by atoms with Crippen LogP contribution < -0.4 is 0 Å². The zero-order valence-electron chi connectivity index (χ0n) is 23.0. The minimum absolute atomic E-state index is 0.0559. The Morgan fingerprint density at radius 3 is 2.57 bits per heavy atom. The van der Waals surface area contributed by atoms with Crippen molar-refractivity contribution in [2.24, 2.45) is 17.3 Å². The molecular weight excluding hydrogens is 492 g/mol. The number of aliphatic hydroxyl groups is 3. The number of aromatic nitrogens is 1. The van der Waals surface area contributed by atoms with Crippen LogP contribution in [0.2, 0.25) is 0 Å². The van der Waals surface area contributed by atoms with Gasteiger partial charge in [-0.05, 0) is 44.3 Å². The normalized spacial score (nSPS) is 36.1. The van der Waals surface area contributed by atoms with Gasteiger partial charge in [0.1, 0.15) is 11.9 Å². The highest BCUT2D eigenvalue weighted by Crippen LogP contribution is 2.39. The Bertz CT molecular complexity index is 976. The quantitative estimate of drug-likeness (QED) is 0.396. The molecule has 8 atom stereocenters. The fourth-order valence-corrected chi connectivity index (χ4v) is 6.22. The second kappa shape index (κ2) is 12.5. The lowest BCUT2D eigenvalue weighted by Crippen LogP contribution is -2.45. The van der Waals surface area contributed by atoms with Gasteiger partial charge in [0.15, 0.2) is 0 Å². The number of thiazole rings is 1. The molecule has 0 aromatic carbocycles. The summed E-state index contributed by atoms with van der Waals surface area (Å²) in [6, 6.07) is 0.434. The number of hydrogen-bond acceptors (Lipinski definition) is 9. The second-order valence-corrected chi connectivity index (χ2v) is 12.5. The third-order valence-electron chi connectivity index (χ3n) is 8.31. The molecule has 0 aliphatic carbocycles. The number of aliphatic hydroxyl groups excluding tert-OH is 3. The fraction of sp³-hybridized carbons (Fsp3) is 0.750. The Hall–Kier alpha value is -1.65. The maximum Gasteiger partial charge on any atom is 0.309 e. The molecule has 2 saturated heterocycles. The van der Waals surface area contributed by atoms with E-state index in [2.05, 4.69) is 9.88 Å². The number of aryl methyl sites for hydroxylation is 1. The summed E-state index contributed by atoms with van der Waals surface area (Å²) in [6.07, 6.45) is 2.19. The van der Waals surface area contributed by atoms with Gasteiger partial charge >= 0.3 is 5.97 Å². The molecule has 0 radical (unpaired) electrons. The van der Waals surface area contributed by atoms with Crippen LogP contribution in [0.5, 0.6) is 0 Å². The average molecular weight is 537 g/mol. The molecule has 2 fully saturated rings. The summed E-state index contributed by atoms with van der Waals surface area (Å²) in [6.45, 7) is 11.4. The smallest absolute Gasteiger partial charge is 0.309 e. The van der Waals surface area contributed by atoms with E-state index in [-0.39, 0.29) is 36.8 Å². The van der Waals surface area contributed by atoms with Crippen LogP contribution in [-0.4, -0.2) is 80.5 Å². The molecule has 0 bridgehead atoms. The molecule has 8 nitrogen and oxygen atoms in total. The van der Waals surface area contributed by atoms with Crippen molar-refractivity contribution < 1.29 is 29.6 Å². The predicted molar refractivity (Wildman–Crippen MR) is 144 cm³/mol. The highest BCUT2D eigenvalue weighted by atomic mass is 32.1. The van der Waals surface area contributed by atoms with Gasteiger partial charge in [-0.3, -0.25) is 14.5 Å². The summed E-state index contributed by atoms with van der Waals surface area (Å²) in [5.41, 5.74) is 0.467. The van der Waals surface area contributed by atoms with Crippen molar-refractivity contribution in [2.75, 3.05) is 13.2 Å². The van der Waals surface area contributed by atoms with Gasteiger partial charge < -0.3 is 20.1 Å². The Labute approximate surface area is 224 Å². The maximum absolute atomic E-state index is 13.3. The fourth-order valence-electron chi connectivity index (χ4n) is 5.65. The van der Waals surface area contributed by atoms with Crippen molar-refractivity contribution in [2.45, 2.75) is 104 Å². The van der Waals surface area contributed by atoms with Crippen LogP contribution in [0.25, 0.3) is 6.08 Å². The average Bonchev–Trinajstić information content (AvgIpc) is 3.29. The van der Waals surface area contributed by atoms with E-state index < -0.39 is 35.6 Å². The molecule has 9 heteroatoms. The van der Waals surface area contributed by atoms with Gasteiger partial charge in [-0.15, -0.1) is 11.3 Å². The van der Waals surface area contributed by atoms with E-state index in [1.807, 2.05) is 32.2 Å². The van der Waals surface area contributed by atoms with Gasteiger partial charge in [-0.1, -0.05) is 34.1 Å². The lowest BCUT2D eigenvalue weighted by atomic mass is 9.73. The van der Waals surface area contributed by atoms with Gasteiger partial charge in [0.25, 0.3) is 0 Å². The largest absolute Gasteiger partial charge is 0.458 e. The van der Waals surface area contributed by atoms with E-state index in [0.29, 0.717) is 13.0 Å². The number of hydrogen-bond donors (Lipinski definition) is 3. The van der Waals surface area contributed by atoms with Crippen LogP contribution in [0.1, 0.15) is 77.4 Å². The van der Waals surface area contributed by atoms with Crippen molar-refractivity contribution in [3.63, 3.8) is 0 Å². The SMILES string of the molecule is CC(=Cc1csc(C)n1)[C@@H]1C[C@H]2[C@@H](CCCC(C)[C@H](O)[C@@H](C)C(=O)C(C)(C)[C@@H](O)CC(=O)O1)N2CCO. The molecule has 3 N–H and O–H groups in total. The van der Waals surface area contributed by atoms with Gasteiger partial charge in [0.2, 0.25) is 0 Å². The van der Waals surface area contributed by atoms with E-state index in [1.165, 1.54) is 0 Å². The summed E-state index contributed by atoms with van der Waals surface area (Å²) >= 11 is 1.55. The van der Waals surface area contributed by atoms with Gasteiger partial charge in [0.05, 0.1) is 41.4 Å². The summed E-state index contributed by atoms with van der Waals surface area (Å²) in [7, 11) is 0. The Morgan fingerprint density at radius 1 is 1.24 bits per heavy atom. The molecule has 3 heterocycles. The number of nitrogens with zero attached hydrogens (tertiary/aromatic N) is 2. The van der Waals surface area contributed by atoms with E-state index in [1.54, 1.807) is 32.1 Å². The van der Waals surface area contributed by atoms with Crippen molar-refractivity contribution in [1.82, 2.24) is 9.88 Å². The molecule has 3 rings (SSSR count). The van der Waals surface area contributed by atoms with Crippen LogP contribution >= 0.6 is 11.3 Å². The van der Waals surface area contributed by atoms with Crippen LogP contribution in [0.15, 0.2) is 11.0 Å². The minimum atomic E-state index is -1.24. The molecule has 1 aromatic rings. The number of cyclic esters (lactones) is 1. The molecule has 2 aliphatic rings. The second-order valence-electron chi connectivity index (χ2n) is 11.5. The number of ether oxygens (including phenoxy) is 1. The van der Waals surface area contributed by atoms with E-state index in [0.717, 1.165) is 35.5 Å². The third-order valence-corrected chi connectivity index (χ3v) is 9.10. The molecule has 37 heavy (non-hydrogen) atoms. The highest BCUT2D eigenvalue weighted by molar-refractivity contribution is 7.09. The number of β-amino-alcohol motifs (C(OH)–C–C–N with tert-alkyl or cyclic N) is 1. The number of fused-ring (bicyclic) bond motifs is 1. The van der Waals surface area contributed by atoms with E-state index >= 15 is 0 Å². The predicted octanol–water partition coefficient (Wildman–Crippen LogP) is 3.37. The van der Waals surface area contributed by atoms with Crippen LogP contribution in [0, 0.1) is 24.2 Å². The zero-order chi connectivity index (χ0) is 27.5. The Balaban J connectivity index is 1.88. The van der Waals surface area contributed by atoms with E-state index in [9.17, 15) is 24.9 Å². The summed E-state index contributed by atoms with van der Waals surface area (Å²) < 4.78 is 5.94. The third kappa shape index (κ3) is 7.26. The first kappa shape index (κ1) is 29.9. The molecule has 2 aliphatic heterocycles. The van der Waals surface area contributed by atoms with Gasteiger partial charge in [-0.2, -0.15) is 0 Å². The molecule has 1 aromatic heterocycles. The van der Waals surface area contributed by atoms with Gasteiger partial charge in [0, 0.05) is 36.3 Å². The summed E-state index contributed by atoms with van der Waals surface area (Å²) in [4.78, 5) is 33.1. The topological polar surface area (TPSA) is 120 Å². The Morgan fingerprint density at radius 2 is 1.95 bits per heavy atom. The van der Waals surface area contributed by atoms with Crippen molar-refractivity contribution in [1.29, 1.82) is 0 Å². The first-order valence-electron chi connectivity index (χ1n) is 13.4. The van der Waals surface area contributed by atoms with Crippen molar-refractivity contribution >= 4 is 29.2 Å².